The van der Waals surface area contributed by atoms with Crippen molar-refractivity contribution in [2.45, 2.75) is 50.7 Å². The number of carboxylic acid groups (broad SMARTS) is 1. The average molecular weight is 201 g/mol. The predicted octanol–water partition coefficient (Wildman–Crippen LogP) is 0.730. The Morgan fingerprint density at radius 2 is 1.93 bits per heavy atom. The predicted molar refractivity (Wildman–Crippen MR) is 52.8 cm³/mol. The second-order valence-electron chi connectivity index (χ2n) is 4.15. The number of aliphatic carboxylic acids is 1. The summed E-state index contributed by atoms with van der Waals surface area (Å²) in [5.41, 5.74) is 5.86. The molecule has 4 N–H and O–H groups in total. The molecule has 1 rings (SSSR count). The third kappa shape index (κ3) is 3.27. The fourth-order valence-electron chi connectivity index (χ4n) is 2.11. The molecule has 4 heteroatoms. The molecule has 0 aromatic carbocycles. The summed E-state index contributed by atoms with van der Waals surface area (Å²) in [7, 11) is 0. The van der Waals surface area contributed by atoms with E-state index >= 15 is 0 Å². The van der Waals surface area contributed by atoms with E-state index in [-0.39, 0.29) is 12.5 Å². The van der Waals surface area contributed by atoms with E-state index in [0.717, 1.165) is 12.8 Å². The van der Waals surface area contributed by atoms with Gasteiger partial charge in [0.05, 0.1) is 0 Å². The molecule has 2 atom stereocenters. The van der Waals surface area contributed by atoms with Gasteiger partial charge in [0.1, 0.15) is 0 Å². The van der Waals surface area contributed by atoms with Crippen LogP contribution in [0.1, 0.15) is 38.5 Å². The van der Waals surface area contributed by atoms with Crippen LogP contribution in [0.15, 0.2) is 0 Å². The Labute approximate surface area is 84.1 Å². The first kappa shape index (κ1) is 11.5. The maximum absolute atomic E-state index is 10.4. The number of hydrogen-bond donors (Lipinski definition) is 3. The largest absolute Gasteiger partial charge is 0.479 e. The molecular formula is C10H19NO3. The van der Waals surface area contributed by atoms with Gasteiger partial charge in [0.2, 0.25) is 0 Å². The molecule has 0 radical (unpaired) electrons. The van der Waals surface area contributed by atoms with Crippen molar-refractivity contribution in [2.24, 2.45) is 11.7 Å². The van der Waals surface area contributed by atoms with Crippen LogP contribution in [0.2, 0.25) is 0 Å². The van der Waals surface area contributed by atoms with Crippen LogP contribution in [0.4, 0.5) is 0 Å². The number of aliphatic hydroxyl groups excluding tert-OH is 1. The van der Waals surface area contributed by atoms with Crippen LogP contribution in [-0.4, -0.2) is 28.3 Å². The standard InChI is InChI=1S/C10H19NO3/c11-8(6-9(12)10(13)14)7-4-2-1-3-5-7/h7-9,12H,1-6,11H2,(H,13,14). The summed E-state index contributed by atoms with van der Waals surface area (Å²) in [5, 5.41) is 17.7. The lowest BCUT2D eigenvalue weighted by Crippen LogP contribution is -2.37. The molecule has 0 aliphatic heterocycles. The van der Waals surface area contributed by atoms with E-state index in [0.29, 0.717) is 5.92 Å². The Morgan fingerprint density at radius 3 is 2.43 bits per heavy atom. The van der Waals surface area contributed by atoms with Crippen molar-refractivity contribution >= 4 is 5.97 Å². The third-order valence-corrected chi connectivity index (χ3v) is 3.04. The SMILES string of the molecule is NC(CC(O)C(=O)O)C1CCCCC1. The van der Waals surface area contributed by atoms with E-state index in [1.807, 2.05) is 0 Å². The first-order valence-electron chi connectivity index (χ1n) is 5.27. The first-order chi connectivity index (χ1) is 6.61. The molecule has 2 unspecified atom stereocenters. The molecule has 1 saturated carbocycles. The average Bonchev–Trinajstić information content (AvgIpc) is 2.19. The zero-order valence-electron chi connectivity index (χ0n) is 8.35. The van der Waals surface area contributed by atoms with Crippen molar-refractivity contribution in [3.8, 4) is 0 Å². The van der Waals surface area contributed by atoms with Gasteiger partial charge in [-0.2, -0.15) is 0 Å². The zero-order chi connectivity index (χ0) is 10.6. The highest BCUT2D eigenvalue weighted by molar-refractivity contribution is 5.71. The van der Waals surface area contributed by atoms with Gasteiger partial charge < -0.3 is 15.9 Å². The van der Waals surface area contributed by atoms with Crippen LogP contribution < -0.4 is 5.73 Å². The Morgan fingerprint density at radius 1 is 1.36 bits per heavy atom. The van der Waals surface area contributed by atoms with Crippen LogP contribution in [-0.2, 0) is 4.79 Å². The number of carbonyl (C=O) groups is 1. The van der Waals surface area contributed by atoms with E-state index < -0.39 is 12.1 Å². The van der Waals surface area contributed by atoms with Crippen LogP contribution in [0.25, 0.3) is 0 Å². The molecule has 4 nitrogen and oxygen atoms in total. The number of carboxylic acids is 1. The van der Waals surface area contributed by atoms with Crippen molar-refractivity contribution in [1.29, 1.82) is 0 Å². The molecule has 0 heterocycles. The minimum absolute atomic E-state index is 0.165. The molecule has 0 spiro atoms. The fourth-order valence-corrected chi connectivity index (χ4v) is 2.11. The van der Waals surface area contributed by atoms with Gasteiger partial charge in [-0.15, -0.1) is 0 Å². The summed E-state index contributed by atoms with van der Waals surface area (Å²) in [6, 6.07) is -0.165. The van der Waals surface area contributed by atoms with Crippen molar-refractivity contribution in [2.75, 3.05) is 0 Å². The van der Waals surface area contributed by atoms with Crippen LogP contribution in [0.5, 0.6) is 0 Å². The molecule has 0 amide bonds. The third-order valence-electron chi connectivity index (χ3n) is 3.04. The molecule has 14 heavy (non-hydrogen) atoms. The smallest absolute Gasteiger partial charge is 0.332 e. The van der Waals surface area contributed by atoms with Gasteiger partial charge in [0, 0.05) is 6.04 Å². The molecule has 0 saturated heterocycles. The quantitative estimate of drug-likeness (QED) is 0.626. The maximum atomic E-state index is 10.4. The Balaban J connectivity index is 2.32. The van der Waals surface area contributed by atoms with Crippen molar-refractivity contribution in [3.63, 3.8) is 0 Å². The van der Waals surface area contributed by atoms with Gasteiger partial charge in [0.15, 0.2) is 6.10 Å². The second kappa shape index (κ2) is 5.32. The molecule has 0 aromatic rings. The Hall–Kier alpha value is -0.610. The molecule has 0 bridgehead atoms. The molecule has 1 aliphatic carbocycles. The Bertz CT molecular complexity index is 190. The number of hydrogen-bond acceptors (Lipinski definition) is 3. The first-order valence-corrected chi connectivity index (χ1v) is 5.27. The summed E-state index contributed by atoms with van der Waals surface area (Å²) < 4.78 is 0. The van der Waals surface area contributed by atoms with Crippen molar-refractivity contribution in [1.82, 2.24) is 0 Å². The van der Waals surface area contributed by atoms with Gasteiger partial charge in [-0.25, -0.2) is 4.79 Å². The number of nitrogens with two attached hydrogens (primary N) is 1. The second-order valence-corrected chi connectivity index (χ2v) is 4.15. The topological polar surface area (TPSA) is 83.5 Å². The van der Waals surface area contributed by atoms with E-state index in [1.54, 1.807) is 0 Å². The monoisotopic (exact) mass is 201 g/mol. The van der Waals surface area contributed by atoms with E-state index in [4.69, 9.17) is 15.9 Å². The van der Waals surface area contributed by atoms with Gasteiger partial charge in [-0.3, -0.25) is 0 Å². The molecule has 1 aliphatic rings. The summed E-state index contributed by atoms with van der Waals surface area (Å²) >= 11 is 0. The van der Waals surface area contributed by atoms with E-state index in [2.05, 4.69) is 0 Å². The van der Waals surface area contributed by atoms with Crippen molar-refractivity contribution in [3.05, 3.63) is 0 Å². The zero-order valence-corrected chi connectivity index (χ0v) is 8.35. The molecule has 82 valence electrons. The van der Waals surface area contributed by atoms with Gasteiger partial charge in [-0.05, 0) is 25.2 Å². The van der Waals surface area contributed by atoms with E-state index in [9.17, 15) is 4.79 Å². The summed E-state index contributed by atoms with van der Waals surface area (Å²) in [5.74, 6) is -0.769. The van der Waals surface area contributed by atoms with Crippen LogP contribution >= 0.6 is 0 Å². The van der Waals surface area contributed by atoms with Crippen molar-refractivity contribution < 1.29 is 15.0 Å². The highest BCUT2D eigenvalue weighted by Gasteiger charge is 2.25. The fraction of sp³-hybridized carbons (Fsp3) is 0.900. The van der Waals surface area contributed by atoms with E-state index in [1.165, 1.54) is 19.3 Å². The summed E-state index contributed by atoms with van der Waals surface area (Å²) in [6.07, 6.45) is 4.65. The normalized spacial score (nSPS) is 23.0. The number of rotatable bonds is 4. The van der Waals surface area contributed by atoms with Crippen LogP contribution in [0, 0.1) is 5.92 Å². The highest BCUT2D eigenvalue weighted by Crippen LogP contribution is 2.27. The van der Waals surface area contributed by atoms with Gasteiger partial charge in [-0.1, -0.05) is 19.3 Å². The number of aliphatic hydroxyl groups is 1. The lowest BCUT2D eigenvalue weighted by molar-refractivity contribution is -0.147. The van der Waals surface area contributed by atoms with Crippen LogP contribution in [0.3, 0.4) is 0 Å². The summed E-state index contributed by atoms with van der Waals surface area (Å²) in [4.78, 5) is 10.4. The minimum atomic E-state index is -1.30. The molecule has 1 fully saturated rings. The maximum Gasteiger partial charge on any atom is 0.332 e. The lowest BCUT2D eigenvalue weighted by Gasteiger charge is -2.28. The highest BCUT2D eigenvalue weighted by atomic mass is 16.4. The molecular weight excluding hydrogens is 182 g/mol. The van der Waals surface area contributed by atoms with Gasteiger partial charge >= 0.3 is 5.97 Å². The van der Waals surface area contributed by atoms with Gasteiger partial charge in [0.25, 0.3) is 0 Å². The molecule has 0 aromatic heterocycles. The lowest BCUT2D eigenvalue weighted by atomic mass is 9.82. The Kier molecular flexibility index (Phi) is 4.35. The minimum Gasteiger partial charge on any atom is -0.479 e. The summed E-state index contributed by atoms with van der Waals surface area (Å²) in [6.45, 7) is 0.